The van der Waals surface area contributed by atoms with E-state index in [1.165, 1.54) is 4.90 Å². The van der Waals surface area contributed by atoms with Gasteiger partial charge in [-0.25, -0.2) is 8.78 Å². The Morgan fingerprint density at radius 1 is 1.37 bits per heavy atom. The lowest BCUT2D eigenvalue weighted by Crippen LogP contribution is -2.25. The second-order valence-electron chi connectivity index (χ2n) is 4.77. The average molecular weight is 267 g/mol. The van der Waals surface area contributed by atoms with Crippen molar-refractivity contribution in [1.29, 1.82) is 5.26 Å². The fourth-order valence-electron chi connectivity index (χ4n) is 1.74. The molecule has 0 unspecified atom stereocenters. The molecule has 0 aliphatic carbocycles. The van der Waals surface area contributed by atoms with Crippen LogP contribution in [-0.2, 0) is 6.54 Å². The third-order valence-corrected chi connectivity index (χ3v) is 2.72. The molecule has 0 saturated heterocycles. The van der Waals surface area contributed by atoms with Gasteiger partial charge in [0.2, 0.25) is 0 Å². The molecule has 0 fully saturated rings. The molecule has 0 aliphatic rings. The van der Waals surface area contributed by atoms with Gasteiger partial charge in [0.05, 0.1) is 17.8 Å². The van der Waals surface area contributed by atoms with Gasteiger partial charge in [0.1, 0.15) is 6.07 Å². The van der Waals surface area contributed by atoms with Crippen LogP contribution in [0.5, 0.6) is 0 Å². The van der Waals surface area contributed by atoms with Gasteiger partial charge in [0.15, 0.2) is 0 Å². The van der Waals surface area contributed by atoms with Crippen LogP contribution in [0.1, 0.15) is 25.0 Å². The Hall–Kier alpha value is -1.67. The molecule has 0 aromatic heterocycles. The Balaban J connectivity index is 2.87. The molecule has 1 aromatic rings. The molecule has 1 rings (SSSR count). The molecule has 3 nitrogen and oxygen atoms in total. The summed E-state index contributed by atoms with van der Waals surface area (Å²) in [6.45, 7) is 4.36. The molecule has 0 heterocycles. The quantitative estimate of drug-likeness (QED) is 0.861. The molecule has 5 heteroatoms. The predicted molar refractivity (Wildman–Crippen MR) is 72.4 cm³/mol. The van der Waals surface area contributed by atoms with Gasteiger partial charge in [-0.05, 0) is 17.7 Å². The first-order valence-electron chi connectivity index (χ1n) is 6.19. The lowest BCUT2D eigenvalue weighted by molar-refractivity contribution is 0.156. The van der Waals surface area contributed by atoms with Crippen molar-refractivity contribution in [3.8, 4) is 6.07 Å². The lowest BCUT2D eigenvalue weighted by atomic mass is 10.1. The summed E-state index contributed by atoms with van der Waals surface area (Å²) in [5.74, 6) is 0. The summed E-state index contributed by atoms with van der Waals surface area (Å²) in [4.78, 5) is 1.41. The van der Waals surface area contributed by atoms with Crippen LogP contribution in [0.2, 0.25) is 0 Å². The van der Waals surface area contributed by atoms with Gasteiger partial charge < -0.3 is 10.2 Å². The summed E-state index contributed by atoms with van der Waals surface area (Å²) in [6.07, 6.45) is -2.42. The summed E-state index contributed by atoms with van der Waals surface area (Å²) in [7, 11) is 1.56. The van der Waals surface area contributed by atoms with Crippen LogP contribution < -0.4 is 10.2 Å². The van der Waals surface area contributed by atoms with Gasteiger partial charge in [-0.2, -0.15) is 5.26 Å². The number of rotatable bonds is 6. The monoisotopic (exact) mass is 267 g/mol. The maximum absolute atomic E-state index is 12.4. The number of hydrogen-bond acceptors (Lipinski definition) is 3. The largest absolute Gasteiger partial charge is 0.368 e. The molecular weight excluding hydrogens is 248 g/mol. The smallest absolute Gasteiger partial charge is 0.255 e. The van der Waals surface area contributed by atoms with E-state index >= 15 is 0 Å². The fourth-order valence-corrected chi connectivity index (χ4v) is 1.74. The third kappa shape index (κ3) is 4.84. The standard InChI is InChI=1S/C14H19F2N3/c1-10(2)18-8-11-4-5-13(12(6-11)7-17)19(3)9-14(15)16/h4-6,10,14,18H,8-9H2,1-3H3. The zero-order valence-corrected chi connectivity index (χ0v) is 11.5. The highest BCUT2D eigenvalue weighted by Gasteiger charge is 2.12. The summed E-state index contributed by atoms with van der Waals surface area (Å²) in [5, 5.41) is 12.4. The first kappa shape index (κ1) is 15.4. The Kier molecular flexibility index (Phi) is 5.71. The minimum absolute atomic E-state index is 0.353. The van der Waals surface area contributed by atoms with Gasteiger partial charge in [0.25, 0.3) is 6.43 Å². The van der Waals surface area contributed by atoms with Crippen LogP contribution in [0, 0.1) is 11.3 Å². The van der Waals surface area contributed by atoms with Crippen molar-refractivity contribution < 1.29 is 8.78 Å². The van der Waals surface area contributed by atoms with Crippen molar-refractivity contribution in [1.82, 2.24) is 5.32 Å². The molecule has 19 heavy (non-hydrogen) atoms. The number of anilines is 1. The molecule has 0 aliphatic heterocycles. The molecule has 0 radical (unpaired) electrons. The summed E-state index contributed by atoms with van der Waals surface area (Å²) in [6, 6.07) is 7.73. The van der Waals surface area contributed by atoms with Crippen molar-refractivity contribution in [2.75, 3.05) is 18.5 Å². The molecule has 1 aromatic carbocycles. The number of hydrogen-bond donors (Lipinski definition) is 1. The predicted octanol–water partition coefficient (Wildman–Crippen LogP) is 2.76. The zero-order chi connectivity index (χ0) is 14.4. The van der Waals surface area contributed by atoms with Crippen LogP contribution in [0.15, 0.2) is 18.2 Å². The maximum Gasteiger partial charge on any atom is 0.255 e. The highest BCUT2D eigenvalue weighted by Crippen LogP contribution is 2.21. The molecule has 0 saturated carbocycles. The maximum atomic E-state index is 12.4. The molecule has 104 valence electrons. The molecule has 0 atom stereocenters. The minimum atomic E-state index is -2.42. The first-order valence-corrected chi connectivity index (χ1v) is 6.19. The summed E-state index contributed by atoms with van der Waals surface area (Å²) in [5.41, 5.74) is 1.93. The number of nitrogens with one attached hydrogen (secondary N) is 1. The highest BCUT2D eigenvalue weighted by atomic mass is 19.3. The molecule has 1 N–H and O–H groups in total. The van der Waals surface area contributed by atoms with Crippen molar-refractivity contribution in [2.45, 2.75) is 32.9 Å². The Morgan fingerprint density at radius 3 is 2.58 bits per heavy atom. The highest BCUT2D eigenvalue weighted by molar-refractivity contribution is 5.60. The van der Waals surface area contributed by atoms with Crippen molar-refractivity contribution in [3.63, 3.8) is 0 Å². The van der Waals surface area contributed by atoms with E-state index in [-0.39, 0.29) is 6.54 Å². The van der Waals surface area contributed by atoms with E-state index in [2.05, 4.69) is 11.4 Å². The zero-order valence-electron chi connectivity index (χ0n) is 11.5. The van der Waals surface area contributed by atoms with E-state index in [9.17, 15) is 8.78 Å². The first-order chi connectivity index (χ1) is 8.93. The van der Waals surface area contributed by atoms with E-state index in [0.717, 1.165) is 5.56 Å². The molecule has 0 spiro atoms. The number of nitrogens with zero attached hydrogens (tertiary/aromatic N) is 2. The van der Waals surface area contributed by atoms with Crippen molar-refractivity contribution in [3.05, 3.63) is 29.3 Å². The topological polar surface area (TPSA) is 39.1 Å². The fraction of sp³-hybridized carbons (Fsp3) is 0.500. The van der Waals surface area contributed by atoms with E-state index in [0.29, 0.717) is 23.8 Å². The van der Waals surface area contributed by atoms with Gasteiger partial charge in [-0.15, -0.1) is 0 Å². The van der Waals surface area contributed by atoms with Crippen molar-refractivity contribution >= 4 is 5.69 Å². The van der Waals surface area contributed by atoms with Gasteiger partial charge in [-0.3, -0.25) is 0 Å². The molecule has 0 amide bonds. The van der Waals surface area contributed by atoms with Crippen LogP contribution >= 0.6 is 0 Å². The number of halogens is 2. The van der Waals surface area contributed by atoms with Crippen LogP contribution in [0.3, 0.4) is 0 Å². The second kappa shape index (κ2) is 7.05. The second-order valence-corrected chi connectivity index (χ2v) is 4.77. The summed E-state index contributed by atoms with van der Waals surface area (Å²) >= 11 is 0. The summed E-state index contributed by atoms with van der Waals surface area (Å²) < 4.78 is 24.7. The van der Waals surface area contributed by atoms with E-state index in [1.807, 2.05) is 19.9 Å². The van der Waals surface area contributed by atoms with E-state index in [4.69, 9.17) is 5.26 Å². The number of benzene rings is 1. The van der Waals surface area contributed by atoms with Crippen LogP contribution in [-0.4, -0.2) is 26.1 Å². The van der Waals surface area contributed by atoms with Gasteiger partial charge in [0, 0.05) is 19.6 Å². The van der Waals surface area contributed by atoms with E-state index < -0.39 is 6.43 Å². The molecular formula is C14H19F2N3. The van der Waals surface area contributed by atoms with Crippen molar-refractivity contribution in [2.24, 2.45) is 0 Å². The molecule has 0 bridgehead atoms. The third-order valence-electron chi connectivity index (χ3n) is 2.72. The van der Waals surface area contributed by atoms with Gasteiger partial charge in [-0.1, -0.05) is 19.9 Å². The lowest BCUT2D eigenvalue weighted by Gasteiger charge is -2.20. The Morgan fingerprint density at radius 2 is 2.05 bits per heavy atom. The van der Waals surface area contributed by atoms with Crippen LogP contribution in [0.25, 0.3) is 0 Å². The van der Waals surface area contributed by atoms with E-state index in [1.54, 1.807) is 19.2 Å². The average Bonchev–Trinajstić information content (AvgIpc) is 2.35. The number of alkyl halides is 2. The Bertz CT molecular complexity index is 452. The number of nitriles is 1. The van der Waals surface area contributed by atoms with Crippen LogP contribution in [0.4, 0.5) is 14.5 Å². The SMILES string of the molecule is CC(C)NCc1ccc(N(C)CC(F)F)c(C#N)c1. The van der Waals surface area contributed by atoms with Gasteiger partial charge >= 0.3 is 0 Å². The Labute approximate surface area is 112 Å². The normalized spacial score (nSPS) is 10.8. The minimum Gasteiger partial charge on any atom is -0.368 e.